The van der Waals surface area contributed by atoms with Gasteiger partial charge in [-0.05, 0) is 56.9 Å². The molecule has 3 N–H and O–H groups in total. The Labute approximate surface area is 96.0 Å². The third kappa shape index (κ3) is 2.95. The summed E-state index contributed by atoms with van der Waals surface area (Å²) in [7, 11) is 0. The minimum absolute atomic E-state index is 0.137. The molecule has 92 valence electrons. The van der Waals surface area contributed by atoms with Gasteiger partial charge in [-0.3, -0.25) is 0 Å². The monoisotopic (exact) mass is 227 g/mol. The van der Waals surface area contributed by atoms with E-state index < -0.39 is 11.6 Å². The fourth-order valence-corrected chi connectivity index (χ4v) is 2.32. The van der Waals surface area contributed by atoms with Gasteiger partial charge in [0, 0.05) is 6.54 Å². The average Bonchev–Trinajstić information content (AvgIpc) is 3.03. The van der Waals surface area contributed by atoms with E-state index in [2.05, 4.69) is 5.32 Å². The van der Waals surface area contributed by atoms with Crippen LogP contribution >= 0.6 is 0 Å². The summed E-state index contributed by atoms with van der Waals surface area (Å²) in [5, 5.41) is 21.4. The molecular weight excluding hydrogens is 206 g/mol. The maximum Gasteiger partial charge on any atom is 0.336 e. The first-order valence-corrected chi connectivity index (χ1v) is 6.17. The zero-order chi connectivity index (χ0) is 11.8. The number of nitrogens with one attached hydrogen (secondary N) is 1. The van der Waals surface area contributed by atoms with E-state index in [9.17, 15) is 9.90 Å². The second-order valence-corrected chi connectivity index (χ2v) is 5.55. The quantitative estimate of drug-likeness (QED) is 0.603. The lowest BCUT2D eigenvalue weighted by Crippen LogP contribution is -2.46. The van der Waals surface area contributed by atoms with Gasteiger partial charge in [-0.25, -0.2) is 4.79 Å². The van der Waals surface area contributed by atoms with Gasteiger partial charge in [-0.2, -0.15) is 0 Å². The normalized spacial score (nSPS) is 24.4. The van der Waals surface area contributed by atoms with E-state index in [1.54, 1.807) is 0 Å². The first-order chi connectivity index (χ1) is 7.50. The van der Waals surface area contributed by atoms with E-state index in [1.165, 1.54) is 32.6 Å². The molecule has 0 radical (unpaired) electrons. The molecule has 0 spiro atoms. The molecule has 4 nitrogen and oxygen atoms in total. The van der Waals surface area contributed by atoms with Gasteiger partial charge in [0.1, 0.15) is 0 Å². The predicted octanol–water partition coefficient (Wildman–Crippen LogP) is 0.848. The highest BCUT2D eigenvalue weighted by atomic mass is 16.4. The average molecular weight is 227 g/mol. The van der Waals surface area contributed by atoms with E-state index >= 15 is 0 Å². The van der Waals surface area contributed by atoms with Crippen molar-refractivity contribution in [3.05, 3.63) is 0 Å². The zero-order valence-corrected chi connectivity index (χ0v) is 9.78. The van der Waals surface area contributed by atoms with Crippen LogP contribution in [-0.4, -0.2) is 34.9 Å². The Kier molecular flexibility index (Phi) is 3.22. The van der Waals surface area contributed by atoms with E-state index in [1.807, 2.05) is 0 Å². The molecule has 0 aromatic heterocycles. The van der Waals surface area contributed by atoms with Gasteiger partial charge in [0.15, 0.2) is 5.60 Å². The van der Waals surface area contributed by atoms with Crippen LogP contribution in [0.3, 0.4) is 0 Å². The Balaban J connectivity index is 1.71. The molecule has 1 atom stereocenters. The van der Waals surface area contributed by atoms with Crippen molar-refractivity contribution in [2.24, 2.45) is 17.8 Å². The number of carboxylic acid groups (broad SMARTS) is 1. The van der Waals surface area contributed by atoms with Crippen LogP contribution in [0.1, 0.15) is 32.6 Å². The van der Waals surface area contributed by atoms with Crippen molar-refractivity contribution in [2.45, 2.75) is 38.2 Å². The molecule has 1 unspecified atom stereocenters. The lowest BCUT2D eigenvalue weighted by molar-refractivity contribution is -0.156. The van der Waals surface area contributed by atoms with Crippen molar-refractivity contribution in [2.75, 3.05) is 13.1 Å². The number of hydrogen-bond acceptors (Lipinski definition) is 3. The van der Waals surface area contributed by atoms with Crippen molar-refractivity contribution in [3.63, 3.8) is 0 Å². The fourth-order valence-electron chi connectivity index (χ4n) is 2.32. The van der Waals surface area contributed by atoms with Crippen molar-refractivity contribution >= 4 is 5.97 Å². The molecule has 0 aromatic rings. The number of carbonyl (C=O) groups is 1. The Hall–Kier alpha value is -0.610. The van der Waals surface area contributed by atoms with Crippen molar-refractivity contribution < 1.29 is 15.0 Å². The van der Waals surface area contributed by atoms with Gasteiger partial charge in [-0.15, -0.1) is 0 Å². The van der Waals surface area contributed by atoms with Crippen molar-refractivity contribution in [1.29, 1.82) is 0 Å². The second-order valence-electron chi connectivity index (χ2n) is 5.55. The highest BCUT2D eigenvalue weighted by molar-refractivity contribution is 5.76. The Bertz CT molecular complexity index is 257. The zero-order valence-electron chi connectivity index (χ0n) is 9.78. The lowest BCUT2D eigenvalue weighted by Gasteiger charge is -2.21. The van der Waals surface area contributed by atoms with Crippen LogP contribution in [0.4, 0.5) is 0 Å². The summed E-state index contributed by atoms with van der Waals surface area (Å²) >= 11 is 0. The van der Waals surface area contributed by atoms with E-state index in [-0.39, 0.29) is 6.54 Å². The summed E-state index contributed by atoms with van der Waals surface area (Å²) in [6, 6.07) is 0. The highest BCUT2D eigenvalue weighted by Gasteiger charge is 2.41. The standard InChI is InChI=1S/C12H21NO3/c1-12(16,11(14)15)7-13-6-10(8-2-3-8)9-4-5-9/h8-10,13,16H,2-7H2,1H3,(H,14,15). The minimum Gasteiger partial charge on any atom is -0.479 e. The smallest absolute Gasteiger partial charge is 0.336 e. The maximum atomic E-state index is 10.7. The fraction of sp³-hybridized carbons (Fsp3) is 0.917. The number of hydrogen-bond donors (Lipinski definition) is 3. The molecule has 4 heteroatoms. The topological polar surface area (TPSA) is 69.6 Å². The maximum absolute atomic E-state index is 10.7. The molecule has 2 fully saturated rings. The molecule has 0 saturated heterocycles. The first kappa shape index (κ1) is 11.9. The molecule has 16 heavy (non-hydrogen) atoms. The number of carboxylic acids is 1. The minimum atomic E-state index is -1.64. The molecule has 2 saturated carbocycles. The van der Waals surface area contributed by atoms with Crippen molar-refractivity contribution in [3.8, 4) is 0 Å². The lowest BCUT2D eigenvalue weighted by atomic mass is 9.97. The van der Waals surface area contributed by atoms with Crippen LogP contribution in [-0.2, 0) is 4.79 Å². The summed E-state index contributed by atoms with van der Waals surface area (Å²) in [5.41, 5.74) is -1.64. The Morgan fingerprint density at radius 1 is 1.38 bits per heavy atom. The van der Waals surface area contributed by atoms with Crippen LogP contribution in [0.2, 0.25) is 0 Å². The summed E-state index contributed by atoms with van der Waals surface area (Å²) < 4.78 is 0. The van der Waals surface area contributed by atoms with E-state index in [0.717, 1.165) is 18.4 Å². The predicted molar refractivity (Wildman–Crippen MR) is 60.1 cm³/mol. The molecular formula is C12H21NO3. The Morgan fingerprint density at radius 3 is 2.25 bits per heavy atom. The SMILES string of the molecule is CC(O)(CNCC(C1CC1)C1CC1)C(=O)O. The van der Waals surface area contributed by atoms with Gasteiger partial charge in [0.25, 0.3) is 0 Å². The summed E-state index contributed by atoms with van der Waals surface area (Å²) in [6.07, 6.45) is 5.33. The molecule has 2 rings (SSSR count). The van der Waals surface area contributed by atoms with Crippen LogP contribution < -0.4 is 5.32 Å². The first-order valence-electron chi connectivity index (χ1n) is 6.17. The number of aliphatic carboxylic acids is 1. The van der Waals surface area contributed by atoms with Crippen molar-refractivity contribution in [1.82, 2.24) is 5.32 Å². The van der Waals surface area contributed by atoms with E-state index in [4.69, 9.17) is 5.11 Å². The molecule has 0 aliphatic heterocycles. The van der Waals surface area contributed by atoms with Gasteiger partial charge >= 0.3 is 5.97 Å². The molecule has 2 aliphatic carbocycles. The summed E-state index contributed by atoms with van der Waals surface area (Å²) in [4.78, 5) is 10.7. The third-order valence-corrected chi connectivity index (χ3v) is 3.77. The van der Waals surface area contributed by atoms with Gasteiger partial charge < -0.3 is 15.5 Å². The number of rotatable bonds is 7. The number of aliphatic hydroxyl groups is 1. The molecule has 0 bridgehead atoms. The van der Waals surface area contributed by atoms with Crippen LogP contribution in [0.15, 0.2) is 0 Å². The van der Waals surface area contributed by atoms with Gasteiger partial charge in [0.05, 0.1) is 0 Å². The van der Waals surface area contributed by atoms with E-state index in [0.29, 0.717) is 5.92 Å². The highest BCUT2D eigenvalue weighted by Crippen LogP contribution is 2.48. The Morgan fingerprint density at radius 2 is 1.88 bits per heavy atom. The van der Waals surface area contributed by atoms with Gasteiger partial charge in [0.2, 0.25) is 0 Å². The summed E-state index contributed by atoms with van der Waals surface area (Å²) in [6.45, 7) is 2.34. The largest absolute Gasteiger partial charge is 0.479 e. The molecule has 2 aliphatic rings. The van der Waals surface area contributed by atoms with Crippen LogP contribution in [0, 0.1) is 17.8 Å². The molecule has 0 aromatic carbocycles. The third-order valence-electron chi connectivity index (χ3n) is 3.77. The van der Waals surface area contributed by atoms with Crippen LogP contribution in [0.25, 0.3) is 0 Å². The molecule has 0 heterocycles. The second kappa shape index (κ2) is 4.34. The molecule has 0 amide bonds. The van der Waals surface area contributed by atoms with Gasteiger partial charge in [-0.1, -0.05) is 0 Å². The summed E-state index contributed by atoms with van der Waals surface area (Å²) in [5.74, 6) is 1.27. The van der Waals surface area contributed by atoms with Crippen LogP contribution in [0.5, 0.6) is 0 Å².